The van der Waals surface area contributed by atoms with Crippen LogP contribution in [0, 0.1) is 11.3 Å². The van der Waals surface area contributed by atoms with Crippen LogP contribution >= 0.6 is 15.9 Å². The zero-order chi connectivity index (χ0) is 18.8. The third-order valence-corrected chi connectivity index (χ3v) is 4.67. The van der Waals surface area contributed by atoms with Gasteiger partial charge in [-0.3, -0.25) is 14.5 Å². The molecule has 2 rings (SSSR count). The van der Waals surface area contributed by atoms with E-state index in [9.17, 15) is 9.59 Å². The number of rotatable bonds is 8. The Labute approximate surface area is 162 Å². The Kier molecular flexibility index (Phi) is 8.54. The van der Waals surface area contributed by atoms with Crippen LogP contribution in [0.1, 0.15) is 16.8 Å². The summed E-state index contributed by atoms with van der Waals surface area (Å²) in [6.45, 7) is 4.67. The molecule has 1 aliphatic heterocycles. The Morgan fingerprint density at radius 1 is 1.23 bits per heavy atom. The molecule has 1 fully saturated rings. The van der Waals surface area contributed by atoms with E-state index in [1.54, 1.807) is 29.2 Å². The number of amides is 2. The first-order valence-electron chi connectivity index (χ1n) is 8.58. The highest BCUT2D eigenvalue weighted by Gasteiger charge is 2.17. The van der Waals surface area contributed by atoms with Gasteiger partial charge < -0.3 is 15.0 Å². The van der Waals surface area contributed by atoms with E-state index in [1.165, 1.54) is 0 Å². The first kappa shape index (κ1) is 20.4. The number of nitriles is 1. The highest BCUT2D eigenvalue weighted by molar-refractivity contribution is 9.10. The molecule has 1 saturated heterocycles. The molecule has 7 nitrogen and oxygen atoms in total. The van der Waals surface area contributed by atoms with Crippen LogP contribution in [0.5, 0.6) is 0 Å². The van der Waals surface area contributed by atoms with E-state index in [4.69, 9.17) is 10.00 Å². The van der Waals surface area contributed by atoms with Crippen LogP contribution in [-0.2, 0) is 9.53 Å². The van der Waals surface area contributed by atoms with Gasteiger partial charge in [0.25, 0.3) is 5.91 Å². The van der Waals surface area contributed by atoms with Crippen LogP contribution in [0.3, 0.4) is 0 Å². The van der Waals surface area contributed by atoms with Gasteiger partial charge in [-0.05, 0) is 24.3 Å². The summed E-state index contributed by atoms with van der Waals surface area (Å²) in [6, 6.07) is 9.00. The van der Waals surface area contributed by atoms with Crippen LogP contribution < -0.4 is 5.32 Å². The first-order chi connectivity index (χ1) is 12.6. The number of carbonyl (C=O) groups excluding carboxylic acids is 2. The third kappa shape index (κ3) is 6.75. The summed E-state index contributed by atoms with van der Waals surface area (Å²) >= 11 is 3.32. The molecular formula is C18H23BrN4O3. The number of nitrogens with zero attached hydrogens (tertiary/aromatic N) is 3. The van der Waals surface area contributed by atoms with Gasteiger partial charge in [-0.2, -0.15) is 5.26 Å². The van der Waals surface area contributed by atoms with Crippen molar-refractivity contribution in [3.05, 3.63) is 34.3 Å². The van der Waals surface area contributed by atoms with Gasteiger partial charge in [-0.25, -0.2) is 0 Å². The smallest absolute Gasteiger partial charge is 0.251 e. The number of nitrogens with one attached hydrogen (secondary N) is 1. The second-order valence-electron chi connectivity index (χ2n) is 5.93. The molecule has 1 aliphatic rings. The van der Waals surface area contributed by atoms with E-state index < -0.39 is 0 Å². The van der Waals surface area contributed by atoms with Crippen LogP contribution in [0.15, 0.2) is 28.7 Å². The molecule has 0 aliphatic carbocycles. The van der Waals surface area contributed by atoms with E-state index in [-0.39, 0.29) is 24.8 Å². The van der Waals surface area contributed by atoms with Gasteiger partial charge in [-0.15, -0.1) is 0 Å². The van der Waals surface area contributed by atoms with Gasteiger partial charge in [0.2, 0.25) is 5.91 Å². The van der Waals surface area contributed by atoms with Crippen molar-refractivity contribution in [2.24, 2.45) is 0 Å². The van der Waals surface area contributed by atoms with Gasteiger partial charge in [0.1, 0.15) is 0 Å². The maximum Gasteiger partial charge on any atom is 0.251 e. The summed E-state index contributed by atoms with van der Waals surface area (Å²) in [4.78, 5) is 28.5. The van der Waals surface area contributed by atoms with Crippen molar-refractivity contribution in [2.75, 3.05) is 52.5 Å². The zero-order valence-electron chi connectivity index (χ0n) is 14.6. The number of carbonyl (C=O) groups is 2. The Morgan fingerprint density at radius 3 is 2.58 bits per heavy atom. The molecule has 0 spiro atoms. The molecule has 0 saturated carbocycles. The molecule has 26 heavy (non-hydrogen) atoms. The van der Waals surface area contributed by atoms with Gasteiger partial charge in [-0.1, -0.05) is 15.9 Å². The van der Waals surface area contributed by atoms with Gasteiger partial charge in [0.15, 0.2) is 0 Å². The van der Waals surface area contributed by atoms with E-state index in [1.807, 2.05) is 0 Å². The lowest BCUT2D eigenvalue weighted by Crippen LogP contribution is -2.46. The van der Waals surface area contributed by atoms with Crippen LogP contribution in [0.4, 0.5) is 0 Å². The van der Waals surface area contributed by atoms with Crippen molar-refractivity contribution in [3.8, 4) is 6.07 Å². The second kappa shape index (κ2) is 10.9. The average Bonchev–Trinajstić information content (AvgIpc) is 2.67. The van der Waals surface area contributed by atoms with Crippen molar-refractivity contribution in [3.63, 3.8) is 0 Å². The van der Waals surface area contributed by atoms with Crippen LogP contribution in [0.2, 0.25) is 0 Å². The van der Waals surface area contributed by atoms with Gasteiger partial charge in [0.05, 0.1) is 32.2 Å². The van der Waals surface area contributed by atoms with Crippen molar-refractivity contribution in [1.82, 2.24) is 15.1 Å². The monoisotopic (exact) mass is 422 g/mol. The normalized spacial score (nSPS) is 14.5. The largest absolute Gasteiger partial charge is 0.379 e. The second-order valence-corrected chi connectivity index (χ2v) is 6.85. The quantitative estimate of drug-likeness (QED) is 0.681. The zero-order valence-corrected chi connectivity index (χ0v) is 16.2. The number of hydrogen-bond donors (Lipinski definition) is 1. The lowest BCUT2D eigenvalue weighted by atomic mass is 10.2. The van der Waals surface area contributed by atoms with E-state index in [0.29, 0.717) is 31.9 Å². The Balaban J connectivity index is 1.83. The predicted molar refractivity (Wildman–Crippen MR) is 101 cm³/mol. The summed E-state index contributed by atoms with van der Waals surface area (Å²) in [7, 11) is 0. The number of benzene rings is 1. The Hall–Kier alpha value is -1.95. The Bertz CT molecular complexity index is 639. The fraction of sp³-hybridized carbons (Fsp3) is 0.500. The van der Waals surface area contributed by atoms with Gasteiger partial charge >= 0.3 is 0 Å². The third-order valence-electron chi connectivity index (χ3n) is 4.14. The maximum atomic E-state index is 12.5. The summed E-state index contributed by atoms with van der Waals surface area (Å²) in [5, 5.41) is 11.5. The van der Waals surface area contributed by atoms with Crippen molar-refractivity contribution in [1.29, 1.82) is 5.26 Å². The molecular weight excluding hydrogens is 400 g/mol. The molecule has 1 aromatic rings. The fourth-order valence-corrected chi connectivity index (χ4v) is 2.87. The highest BCUT2D eigenvalue weighted by Crippen LogP contribution is 2.10. The summed E-state index contributed by atoms with van der Waals surface area (Å²) in [5.74, 6) is -0.474. The maximum absolute atomic E-state index is 12.5. The number of halogens is 1. The molecule has 0 radical (unpaired) electrons. The molecule has 1 N–H and O–H groups in total. The van der Waals surface area contributed by atoms with Crippen LogP contribution in [-0.4, -0.2) is 74.1 Å². The number of morpholine rings is 1. The predicted octanol–water partition coefficient (Wildman–Crippen LogP) is 1.25. The van der Waals surface area contributed by atoms with Crippen LogP contribution in [0.25, 0.3) is 0 Å². The molecule has 0 atom stereocenters. The SMILES string of the molecule is N#CCCN(CCN1CCOCC1)C(=O)CNC(=O)c1ccc(Br)cc1. The molecule has 2 amide bonds. The highest BCUT2D eigenvalue weighted by atomic mass is 79.9. The molecule has 0 unspecified atom stereocenters. The minimum absolute atomic E-state index is 0.0799. The van der Waals surface area contributed by atoms with Crippen molar-refractivity contribution >= 4 is 27.7 Å². The van der Waals surface area contributed by atoms with Crippen molar-refractivity contribution in [2.45, 2.75) is 6.42 Å². The van der Waals surface area contributed by atoms with E-state index >= 15 is 0 Å². The molecule has 140 valence electrons. The fourth-order valence-electron chi connectivity index (χ4n) is 2.60. The van der Waals surface area contributed by atoms with E-state index in [2.05, 4.69) is 32.2 Å². The topological polar surface area (TPSA) is 85.7 Å². The lowest BCUT2D eigenvalue weighted by Gasteiger charge is -2.30. The van der Waals surface area contributed by atoms with Crippen molar-refractivity contribution < 1.29 is 14.3 Å². The first-order valence-corrected chi connectivity index (χ1v) is 9.38. The minimum Gasteiger partial charge on any atom is -0.379 e. The molecule has 0 bridgehead atoms. The van der Waals surface area contributed by atoms with Gasteiger partial charge in [0, 0.05) is 42.8 Å². The summed E-state index contributed by atoms with van der Waals surface area (Å²) in [6.07, 6.45) is 0.273. The van der Waals surface area contributed by atoms with E-state index in [0.717, 1.165) is 24.1 Å². The standard InChI is InChI=1S/C18H23BrN4O3/c19-16-4-2-15(3-5-16)18(25)21-14-17(24)23(7-1-6-20)9-8-22-10-12-26-13-11-22/h2-5H,1,7-14H2,(H,21,25). The average molecular weight is 423 g/mol. The minimum atomic E-state index is -0.292. The molecule has 8 heteroatoms. The molecule has 1 heterocycles. The lowest BCUT2D eigenvalue weighted by molar-refractivity contribution is -0.130. The molecule has 0 aromatic heterocycles. The number of ether oxygens (including phenoxy) is 1. The Morgan fingerprint density at radius 2 is 1.92 bits per heavy atom. The number of hydrogen-bond acceptors (Lipinski definition) is 5. The molecule has 1 aromatic carbocycles. The summed E-state index contributed by atoms with van der Waals surface area (Å²) < 4.78 is 6.20. The summed E-state index contributed by atoms with van der Waals surface area (Å²) in [5.41, 5.74) is 0.498.